The minimum Gasteiger partial charge on any atom is -0.0808 e. The van der Waals surface area contributed by atoms with Gasteiger partial charge in [-0.2, -0.15) is 0 Å². The first kappa shape index (κ1) is 31.3. The molecule has 6 rings (SSSR count). The largest absolute Gasteiger partial charge is 0.152 e. The molecule has 0 aromatic heterocycles. The summed E-state index contributed by atoms with van der Waals surface area (Å²) in [6.45, 7) is 23.8. The maximum Gasteiger partial charge on any atom is 0.152 e. The monoisotopic (exact) mass is 600 g/mol. The molecule has 3 aliphatic rings. The van der Waals surface area contributed by atoms with Crippen molar-refractivity contribution in [1.29, 1.82) is 0 Å². The zero-order chi connectivity index (χ0) is 31.6. The van der Waals surface area contributed by atoms with E-state index in [4.69, 9.17) is 0 Å². The van der Waals surface area contributed by atoms with Crippen LogP contribution in [0.25, 0.3) is 0 Å². The molecule has 0 radical (unpaired) electrons. The second kappa shape index (κ2) is 11.3. The molecule has 0 nitrogen and oxygen atoms in total. The van der Waals surface area contributed by atoms with E-state index in [-0.39, 0.29) is 10.8 Å². The zero-order valence-electron chi connectivity index (χ0n) is 29.2. The van der Waals surface area contributed by atoms with Crippen molar-refractivity contribution < 1.29 is 0 Å². The summed E-state index contributed by atoms with van der Waals surface area (Å²) in [6.07, 6.45) is 15.6. The second-order valence-electron chi connectivity index (χ2n) is 16.9. The number of allylic oxidation sites excluding steroid dienone is 4. The van der Waals surface area contributed by atoms with E-state index in [1.165, 1.54) is 59.1 Å². The molecule has 232 valence electrons. The Morgan fingerprint density at radius 3 is 1.36 bits per heavy atom. The van der Waals surface area contributed by atoms with Crippen LogP contribution in [0.2, 0.25) is 5.54 Å². The van der Waals surface area contributed by atoms with E-state index in [2.05, 4.69) is 148 Å². The van der Waals surface area contributed by atoms with Crippen molar-refractivity contribution in [3.8, 4) is 0 Å². The third-order valence-electron chi connectivity index (χ3n) is 11.4. The lowest BCUT2D eigenvalue weighted by Gasteiger charge is -2.46. The average molecular weight is 601 g/mol. The van der Waals surface area contributed by atoms with Gasteiger partial charge in [-0.3, -0.25) is 0 Å². The van der Waals surface area contributed by atoms with Crippen LogP contribution < -0.4 is 15.6 Å². The molecule has 0 N–H and O–H groups in total. The Hall–Kier alpha value is -2.64. The summed E-state index contributed by atoms with van der Waals surface area (Å²) in [6, 6.07) is 23.2. The molecule has 0 saturated heterocycles. The minimum absolute atomic E-state index is 0.0697. The Morgan fingerprint density at radius 1 is 0.500 bits per heavy atom. The number of rotatable bonds is 4. The van der Waals surface area contributed by atoms with Crippen LogP contribution in [0, 0.1) is 51.4 Å². The number of hydrogen-bond donors (Lipinski definition) is 0. The lowest BCUT2D eigenvalue weighted by molar-refractivity contribution is 0.247. The van der Waals surface area contributed by atoms with E-state index >= 15 is 0 Å². The van der Waals surface area contributed by atoms with Crippen LogP contribution in [0.4, 0.5) is 0 Å². The van der Waals surface area contributed by atoms with Crippen LogP contribution in [0.15, 0.2) is 78.9 Å². The van der Waals surface area contributed by atoms with E-state index in [9.17, 15) is 0 Å². The lowest BCUT2D eigenvalue weighted by atomic mass is 9.77. The number of fused-ring (bicyclic) bond motifs is 3. The Balaban J connectivity index is 1.81. The first-order valence-electron chi connectivity index (χ1n) is 17.4. The van der Waals surface area contributed by atoms with Crippen molar-refractivity contribution in [2.24, 2.45) is 23.7 Å². The SMILES string of the molecule is Cc1cc(C)cc([Si](c2cc(C)cc(C)c2)(c2cc(C(C)(C)C)cc(C(C)(C)C)c2)C2C3C=CC=CC3C3CCCCC32)c1. The first-order chi connectivity index (χ1) is 20.7. The molecular weight excluding hydrogens is 545 g/mol. The molecule has 3 aromatic carbocycles. The van der Waals surface area contributed by atoms with Gasteiger partial charge < -0.3 is 0 Å². The van der Waals surface area contributed by atoms with Crippen LogP contribution >= 0.6 is 0 Å². The summed E-state index contributed by atoms with van der Waals surface area (Å²) in [7, 11) is -2.64. The van der Waals surface area contributed by atoms with Crippen LogP contribution in [-0.2, 0) is 10.8 Å². The van der Waals surface area contributed by atoms with Gasteiger partial charge in [0.05, 0.1) is 0 Å². The highest BCUT2D eigenvalue weighted by Crippen LogP contribution is 2.60. The summed E-state index contributed by atoms with van der Waals surface area (Å²) in [4.78, 5) is 0. The molecule has 2 saturated carbocycles. The third kappa shape index (κ3) is 5.42. The summed E-state index contributed by atoms with van der Waals surface area (Å²) < 4.78 is 0. The zero-order valence-corrected chi connectivity index (χ0v) is 30.2. The van der Waals surface area contributed by atoms with Crippen molar-refractivity contribution in [2.45, 2.75) is 111 Å². The highest BCUT2D eigenvalue weighted by Gasteiger charge is 2.60. The Kier molecular flexibility index (Phi) is 8.05. The van der Waals surface area contributed by atoms with Gasteiger partial charge in [0.25, 0.3) is 0 Å². The Morgan fingerprint density at radius 2 is 0.909 bits per heavy atom. The van der Waals surface area contributed by atoms with Gasteiger partial charge in [0, 0.05) is 0 Å². The van der Waals surface area contributed by atoms with Crippen molar-refractivity contribution in [2.75, 3.05) is 0 Å². The quantitative estimate of drug-likeness (QED) is 0.207. The number of aryl methyl sites for hydroxylation is 4. The van der Waals surface area contributed by atoms with Gasteiger partial charge in [-0.25, -0.2) is 0 Å². The van der Waals surface area contributed by atoms with Gasteiger partial charge in [-0.05, 0) is 101 Å². The minimum atomic E-state index is -2.64. The predicted octanol–water partition coefficient (Wildman–Crippen LogP) is 9.53. The van der Waals surface area contributed by atoms with E-state index in [0.717, 1.165) is 11.8 Å². The van der Waals surface area contributed by atoms with Crippen LogP contribution in [-0.4, -0.2) is 8.07 Å². The van der Waals surface area contributed by atoms with Gasteiger partial charge in [0.1, 0.15) is 0 Å². The van der Waals surface area contributed by atoms with E-state index < -0.39 is 8.07 Å². The van der Waals surface area contributed by atoms with E-state index in [0.29, 0.717) is 17.4 Å². The molecule has 0 amide bonds. The van der Waals surface area contributed by atoms with Gasteiger partial charge in [0.15, 0.2) is 8.07 Å². The Bertz CT molecular complexity index is 1480. The molecule has 1 heteroatoms. The van der Waals surface area contributed by atoms with E-state index in [1.54, 1.807) is 15.6 Å². The maximum atomic E-state index is 2.70. The molecule has 0 bridgehead atoms. The van der Waals surface area contributed by atoms with Crippen molar-refractivity contribution in [3.05, 3.63) is 112 Å². The van der Waals surface area contributed by atoms with Crippen molar-refractivity contribution in [1.82, 2.24) is 0 Å². The van der Waals surface area contributed by atoms with Gasteiger partial charge in [-0.15, -0.1) is 0 Å². The van der Waals surface area contributed by atoms with Gasteiger partial charge >= 0.3 is 0 Å². The van der Waals surface area contributed by atoms with Crippen molar-refractivity contribution in [3.63, 3.8) is 0 Å². The van der Waals surface area contributed by atoms with Crippen molar-refractivity contribution >= 4 is 23.6 Å². The molecule has 44 heavy (non-hydrogen) atoms. The van der Waals surface area contributed by atoms with Gasteiger partial charge in [0.2, 0.25) is 0 Å². The molecule has 0 spiro atoms. The Labute approximate surface area is 270 Å². The fourth-order valence-electron chi connectivity index (χ4n) is 9.64. The average Bonchev–Trinajstić information content (AvgIpc) is 3.26. The van der Waals surface area contributed by atoms with Crippen LogP contribution in [0.1, 0.15) is 101 Å². The maximum absolute atomic E-state index is 2.70. The van der Waals surface area contributed by atoms with E-state index in [1.807, 2.05) is 0 Å². The molecule has 2 fully saturated rings. The fourth-order valence-corrected chi connectivity index (χ4v) is 16.3. The molecule has 0 aliphatic heterocycles. The highest BCUT2D eigenvalue weighted by atomic mass is 28.3. The normalized spacial score (nSPS) is 25.2. The fraction of sp³-hybridized carbons (Fsp3) is 0.488. The van der Waals surface area contributed by atoms with Gasteiger partial charge in [-0.1, -0.05) is 162 Å². The third-order valence-corrected chi connectivity index (χ3v) is 16.9. The molecular formula is C43H56Si. The summed E-state index contributed by atoms with van der Waals surface area (Å²) in [5.41, 5.74) is 9.33. The second-order valence-corrected chi connectivity index (χ2v) is 20.9. The molecule has 3 aliphatic carbocycles. The standard InChI is InChI=1S/C43H56Si/c1-28-19-29(2)22-34(21-28)44(35-23-30(3)20-31(4)24-35,36-26-32(42(5,6)7)25-33(27-36)43(8,9)10)41-39-17-13-11-15-37(39)38-16-12-14-18-40(38)41/h11,13,15,17,19-27,37-41H,12,14,16,18H2,1-10H3. The molecule has 5 atom stereocenters. The topological polar surface area (TPSA) is 0 Å². The molecule has 0 heterocycles. The number of hydrogen-bond acceptors (Lipinski definition) is 0. The summed E-state index contributed by atoms with van der Waals surface area (Å²) in [5, 5.41) is 4.90. The summed E-state index contributed by atoms with van der Waals surface area (Å²) in [5.74, 6) is 2.78. The highest BCUT2D eigenvalue weighted by molar-refractivity contribution is 7.12. The van der Waals surface area contributed by atoms with Crippen LogP contribution in [0.3, 0.4) is 0 Å². The smallest absolute Gasteiger partial charge is 0.0808 e. The first-order valence-corrected chi connectivity index (χ1v) is 19.5. The number of benzene rings is 3. The summed E-state index contributed by atoms with van der Waals surface area (Å²) >= 11 is 0. The molecule has 3 aromatic rings. The predicted molar refractivity (Wildman–Crippen MR) is 195 cm³/mol. The molecule has 5 unspecified atom stereocenters. The van der Waals surface area contributed by atoms with Crippen LogP contribution in [0.5, 0.6) is 0 Å². The lowest BCUT2D eigenvalue weighted by Crippen LogP contribution is -2.72.